The molecule has 132 valence electrons. The second kappa shape index (κ2) is 7.71. The van der Waals surface area contributed by atoms with Crippen LogP contribution in [0.2, 0.25) is 0 Å². The Balaban J connectivity index is 1.50. The molecule has 0 saturated carbocycles. The summed E-state index contributed by atoms with van der Waals surface area (Å²) in [6, 6.07) is 24.4. The van der Waals surface area contributed by atoms with Gasteiger partial charge in [-0.3, -0.25) is 4.79 Å². The molecule has 4 rings (SSSR count). The molecule has 1 aromatic heterocycles. The standard InChI is InChI=1S/C21H14IN3O2/c22-18-9-5-4-8-17(18)19(26)23-16-12-10-15(11-13-16)21-25-24-20(27-21)14-6-2-1-3-7-14/h1-13H,(H,23,26). The summed E-state index contributed by atoms with van der Waals surface area (Å²) in [6.07, 6.45) is 0. The third kappa shape index (κ3) is 3.90. The zero-order valence-electron chi connectivity index (χ0n) is 14.1. The molecular weight excluding hydrogens is 453 g/mol. The van der Waals surface area contributed by atoms with E-state index in [0.717, 1.165) is 14.7 Å². The van der Waals surface area contributed by atoms with Crippen molar-refractivity contribution in [2.45, 2.75) is 0 Å². The lowest BCUT2D eigenvalue weighted by Gasteiger charge is -2.07. The van der Waals surface area contributed by atoms with Crippen molar-refractivity contribution in [1.82, 2.24) is 10.2 Å². The van der Waals surface area contributed by atoms with Crippen LogP contribution >= 0.6 is 22.6 Å². The average molecular weight is 467 g/mol. The largest absolute Gasteiger partial charge is 0.416 e. The summed E-state index contributed by atoms with van der Waals surface area (Å²) in [7, 11) is 0. The number of nitrogens with zero attached hydrogens (tertiary/aromatic N) is 2. The Hall–Kier alpha value is -3.00. The van der Waals surface area contributed by atoms with E-state index in [9.17, 15) is 4.79 Å². The summed E-state index contributed by atoms with van der Waals surface area (Å²) >= 11 is 2.15. The lowest BCUT2D eigenvalue weighted by molar-refractivity contribution is 0.102. The Morgan fingerprint density at radius 2 is 1.37 bits per heavy atom. The number of aromatic nitrogens is 2. The first kappa shape index (κ1) is 17.4. The van der Waals surface area contributed by atoms with Crippen molar-refractivity contribution in [1.29, 1.82) is 0 Å². The summed E-state index contributed by atoms with van der Waals surface area (Å²) in [5.41, 5.74) is 3.01. The van der Waals surface area contributed by atoms with Gasteiger partial charge in [0.05, 0.1) is 5.56 Å². The van der Waals surface area contributed by atoms with Crippen molar-refractivity contribution < 1.29 is 9.21 Å². The molecule has 0 aliphatic rings. The van der Waals surface area contributed by atoms with Gasteiger partial charge in [-0.05, 0) is 71.1 Å². The van der Waals surface area contributed by atoms with Crippen LogP contribution in [0.5, 0.6) is 0 Å². The number of hydrogen-bond acceptors (Lipinski definition) is 4. The summed E-state index contributed by atoms with van der Waals surface area (Å²) in [5.74, 6) is 0.767. The molecule has 5 nitrogen and oxygen atoms in total. The highest BCUT2D eigenvalue weighted by atomic mass is 127. The number of carbonyl (C=O) groups is 1. The van der Waals surface area contributed by atoms with Crippen LogP contribution in [0.15, 0.2) is 83.3 Å². The zero-order chi connectivity index (χ0) is 18.6. The molecule has 4 aromatic rings. The molecule has 0 saturated heterocycles. The zero-order valence-corrected chi connectivity index (χ0v) is 16.3. The molecular formula is C21H14IN3O2. The van der Waals surface area contributed by atoms with Gasteiger partial charge in [-0.25, -0.2) is 0 Å². The van der Waals surface area contributed by atoms with E-state index in [1.165, 1.54) is 0 Å². The number of rotatable bonds is 4. The van der Waals surface area contributed by atoms with Gasteiger partial charge in [0.2, 0.25) is 11.8 Å². The summed E-state index contributed by atoms with van der Waals surface area (Å²) < 4.78 is 6.66. The number of hydrogen-bond donors (Lipinski definition) is 1. The lowest BCUT2D eigenvalue weighted by Crippen LogP contribution is -2.13. The van der Waals surface area contributed by atoms with E-state index in [0.29, 0.717) is 23.0 Å². The molecule has 1 heterocycles. The third-order valence-corrected chi connectivity index (χ3v) is 4.89. The van der Waals surface area contributed by atoms with Crippen molar-refractivity contribution in [3.8, 4) is 22.9 Å². The van der Waals surface area contributed by atoms with E-state index in [2.05, 4.69) is 38.1 Å². The first-order valence-corrected chi connectivity index (χ1v) is 9.34. The second-order valence-corrected chi connectivity index (χ2v) is 6.95. The van der Waals surface area contributed by atoms with Crippen molar-refractivity contribution in [2.24, 2.45) is 0 Å². The normalized spacial score (nSPS) is 10.6. The third-order valence-electron chi connectivity index (χ3n) is 3.95. The van der Waals surface area contributed by atoms with Gasteiger partial charge in [-0.1, -0.05) is 30.3 Å². The molecule has 0 radical (unpaired) electrons. The Kier molecular flexibility index (Phi) is 4.97. The fourth-order valence-electron chi connectivity index (χ4n) is 2.58. The van der Waals surface area contributed by atoms with Crippen LogP contribution in [-0.4, -0.2) is 16.1 Å². The van der Waals surface area contributed by atoms with Gasteiger partial charge < -0.3 is 9.73 Å². The highest BCUT2D eigenvalue weighted by Crippen LogP contribution is 2.25. The number of halogens is 1. The Bertz CT molecular complexity index is 1080. The Morgan fingerprint density at radius 3 is 2.04 bits per heavy atom. The Labute approximate surface area is 169 Å². The fourth-order valence-corrected chi connectivity index (χ4v) is 3.21. The minimum absolute atomic E-state index is 0.142. The maximum Gasteiger partial charge on any atom is 0.256 e. The molecule has 1 N–H and O–H groups in total. The van der Waals surface area contributed by atoms with Crippen LogP contribution in [0.3, 0.4) is 0 Å². The number of anilines is 1. The fraction of sp³-hybridized carbons (Fsp3) is 0. The van der Waals surface area contributed by atoms with E-state index in [4.69, 9.17) is 4.42 Å². The quantitative estimate of drug-likeness (QED) is 0.416. The minimum Gasteiger partial charge on any atom is -0.416 e. The SMILES string of the molecule is O=C(Nc1ccc(-c2nnc(-c3ccccc3)o2)cc1)c1ccccc1I. The van der Waals surface area contributed by atoms with E-state index in [1.54, 1.807) is 6.07 Å². The molecule has 0 aliphatic heterocycles. The first-order valence-electron chi connectivity index (χ1n) is 8.26. The van der Waals surface area contributed by atoms with Crippen molar-refractivity contribution in [3.05, 3.63) is 88.0 Å². The predicted molar refractivity (Wildman–Crippen MR) is 112 cm³/mol. The average Bonchev–Trinajstić information content (AvgIpc) is 3.20. The molecule has 1 amide bonds. The molecule has 0 spiro atoms. The van der Waals surface area contributed by atoms with Gasteiger partial charge in [-0.15, -0.1) is 10.2 Å². The van der Waals surface area contributed by atoms with Crippen LogP contribution in [-0.2, 0) is 0 Å². The van der Waals surface area contributed by atoms with Crippen LogP contribution in [0.25, 0.3) is 22.9 Å². The maximum atomic E-state index is 12.4. The number of amides is 1. The smallest absolute Gasteiger partial charge is 0.256 e. The highest BCUT2D eigenvalue weighted by Gasteiger charge is 2.12. The predicted octanol–water partition coefficient (Wildman–Crippen LogP) is 5.26. The van der Waals surface area contributed by atoms with Gasteiger partial charge in [0.1, 0.15) is 0 Å². The van der Waals surface area contributed by atoms with E-state index >= 15 is 0 Å². The minimum atomic E-state index is -0.142. The molecule has 27 heavy (non-hydrogen) atoms. The van der Waals surface area contributed by atoms with Gasteiger partial charge in [0, 0.05) is 20.4 Å². The topological polar surface area (TPSA) is 68.0 Å². The van der Waals surface area contributed by atoms with Crippen LogP contribution in [0.4, 0.5) is 5.69 Å². The molecule has 0 bridgehead atoms. The lowest BCUT2D eigenvalue weighted by atomic mass is 10.2. The van der Waals surface area contributed by atoms with Gasteiger partial charge >= 0.3 is 0 Å². The molecule has 0 atom stereocenters. The summed E-state index contributed by atoms with van der Waals surface area (Å²) in [5, 5.41) is 11.1. The monoisotopic (exact) mass is 467 g/mol. The first-order chi connectivity index (χ1) is 13.2. The van der Waals surface area contributed by atoms with Crippen molar-refractivity contribution >= 4 is 34.2 Å². The molecule has 0 fully saturated rings. The molecule has 0 unspecified atom stereocenters. The van der Waals surface area contributed by atoms with E-state index < -0.39 is 0 Å². The second-order valence-electron chi connectivity index (χ2n) is 5.79. The van der Waals surface area contributed by atoms with Gasteiger partial charge in [0.15, 0.2) is 0 Å². The van der Waals surface area contributed by atoms with Crippen LogP contribution in [0.1, 0.15) is 10.4 Å². The Morgan fingerprint density at radius 1 is 0.778 bits per heavy atom. The van der Waals surface area contributed by atoms with Crippen molar-refractivity contribution in [3.63, 3.8) is 0 Å². The summed E-state index contributed by atoms with van der Waals surface area (Å²) in [4.78, 5) is 12.4. The van der Waals surface area contributed by atoms with E-state index in [1.807, 2.05) is 72.8 Å². The number of benzene rings is 3. The molecule has 0 aliphatic carbocycles. The summed E-state index contributed by atoms with van der Waals surface area (Å²) in [6.45, 7) is 0. The van der Waals surface area contributed by atoms with Crippen LogP contribution < -0.4 is 5.32 Å². The van der Waals surface area contributed by atoms with Crippen molar-refractivity contribution in [2.75, 3.05) is 5.32 Å². The molecule has 3 aromatic carbocycles. The number of nitrogens with one attached hydrogen (secondary N) is 1. The van der Waals surface area contributed by atoms with Gasteiger partial charge in [0.25, 0.3) is 5.91 Å². The van der Waals surface area contributed by atoms with E-state index in [-0.39, 0.29) is 5.91 Å². The number of carbonyl (C=O) groups excluding carboxylic acids is 1. The van der Waals surface area contributed by atoms with Crippen LogP contribution in [0, 0.1) is 3.57 Å². The maximum absolute atomic E-state index is 12.4. The highest BCUT2D eigenvalue weighted by molar-refractivity contribution is 14.1. The van der Waals surface area contributed by atoms with Gasteiger partial charge in [-0.2, -0.15) is 0 Å². The molecule has 6 heteroatoms.